The third-order valence-corrected chi connectivity index (χ3v) is 6.00. The van der Waals surface area contributed by atoms with Gasteiger partial charge in [-0.15, -0.1) is 0 Å². The molecule has 0 saturated carbocycles. The molecule has 28 heavy (non-hydrogen) atoms. The van der Waals surface area contributed by atoms with Crippen LogP contribution in [0.4, 0.5) is 5.69 Å². The van der Waals surface area contributed by atoms with Gasteiger partial charge < -0.3 is 9.47 Å². The summed E-state index contributed by atoms with van der Waals surface area (Å²) in [5, 5.41) is 0. The van der Waals surface area contributed by atoms with E-state index in [1.165, 1.54) is 0 Å². The van der Waals surface area contributed by atoms with Crippen LogP contribution < -0.4 is 4.72 Å². The van der Waals surface area contributed by atoms with E-state index >= 15 is 0 Å². The van der Waals surface area contributed by atoms with Gasteiger partial charge in [0.1, 0.15) is 0 Å². The molecule has 0 unspecified atom stereocenters. The highest BCUT2D eigenvalue weighted by Crippen LogP contribution is 2.27. The van der Waals surface area contributed by atoms with Crippen molar-refractivity contribution in [3.63, 3.8) is 0 Å². The van der Waals surface area contributed by atoms with Crippen molar-refractivity contribution in [3.8, 4) is 11.1 Å². The molecule has 1 heterocycles. The van der Waals surface area contributed by atoms with Crippen LogP contribution in [-0.4, -0.2) is 21.6 Å². The molecule has 1 aliphatic rings. The summed E-state index contributed by atoms with van der Waals surface area (Å²) < 4.78 is 38.6. The Hall–Kier alpha value is -2.67. The quantitative estimate of drug-likeness (QED) is 0.690. The molecule has 1 fully saturated rings. The fourth-order valence-electron chi connectivity index (χ4n) is 3.05. The lowest BCUT2D eigenvalue weighted by molar-refractivity contribution is -0.0441. The molecule has 1 saturated heterocycles. The number of sulfonamides is 1. The van der Waals surface area contributed by atoms with Crippen LogP contribution in [0.5, 0.6) is 0 Å². The summed E-state index contributed by atoms with van der Waals surface area (Å²) in [6.45, 7) is 3.15. The summed E-state index contributed by atoms with van der Waals surface area (Å²) in [6.07, 6.45) is -0.285. The minimum absolute atomic E-state index is 0.245. The lowest BCUT2D eigenvalue weighted by Crippen LogP contribution is -2.12. The van der Waals surface area contributed by atoms with Crippen LogP contribution in [0.25, 0.3) is 11.1 Å². The normalized spacial score (nSPS) is 14.9. The molecule has 0 radical (unpaired) electrons. The van der Waals surface area contributed by atoms with Gasteiger partial charge in [0.15, 0.2) is 6.29 Å². The molecule has 3 aromatic carbocycles. The minimum atomic E-state index is -3.60. The number of hydrogen-bond acceptors (Lipinski definition) is 4. The third kappa shape index (κ3) is 4.09. The third-order valence-electron chi connectivity index (χ3n) is 4.61. The van der Waals surface area contributed by atoms with Crippen LogP contribution >= 0.6 is 0 Å². The number of anilines is 1. The first-order valence-corrected chi connectivity index (χ1v) is 10.5. The number of hydrogen-bond donors (Lipinski definition) is 1. The van der Waals surface area contributed by atoms with Crippen molar-refractivity contribution in [2.24, 2.45) is 0 Å². The van der Waals surface area contributed by atoms with E-state index in [1.807, 2.05) is 43.3 Å². The van der Waals surface area contributed by atoms with Crippen LogP contribution in [-0.2, 0) is 19.5 Å². The molecule has 3 aromatic rings. The van der Waals surface area contributed by atoms with Crippen molar-refractivity contribution in [3.05, 3.63) is 83.9 Å². The molecule has 1 aliphatic heterocycles. The molecular weight excluding hydrogens is 374 g/mol. The molecule has 0 aliphatic carbocycles. The van der Waals surface area contributed by atoms with Gasteiger partial charge in [-0.2, -0.15) is 0 Å². The van der Waals surface area contributed by atoms with Crippen LogP contribution in [0.1, 0.15) is 17.4 Å². The first-order chi connectivity index (χ1) is 13.5. The summed E-state index contributed by atoms with van der Waals surface area (Å²) in [6, 6.07) is 22.1. The predicted octanol–water partition coefficient (Wildman–Crippen LogP) is 4.51. The van der Waals surface area contributed by atoms with Crippen molar-refractivity contribution in [1.29, 1.82) is 0 Å². The van der Waals surface area contributed by atoms with E-state index in [-0.39, 0.29) is 11.2 Å². The highest BCUT2D eigenvalue weighted by Gasteiger charge is 2.18. The van der Waals surface area contributed by atoms with Gasteiger partial charge in [-0.05, 0) is 42.3 Å². The fourth-order valence-corrected chi connectivity index (χ4v) is 4.10. The molecule has 4 rings (SSSR count). The second kappa shape index (κ2) is 7.75. The monoisotopic (exact) mass is 395 g/mol. The molecule has 6 heteroatoms. The van der Waals surface area contributed by atoms with Crippen molar-refractivity contribution in [2.45, 2.75) is 18.1 Å². The van der Waals surface area contributed by atoms with Crippen LogP contribution in [0.2, 0.25) is 0 Å². The van der Waals surface area contributed by atoms with E-state index in [4.69, 9.17) is 9.47 Å². The molecule has 0 amide bonds. The van der Waals surface area contributed by atoms with E-state index in [0.29, 0.717) is 18.9 Å². The molecule has 0 bridgehead atoms. The number of rotatable bonds is 5. The Morgan fingerprint density at radius 3 is 1.89 bits per heavy atom. The summed E-state index contributed by atoms with van der Waals surface area (Å²) in [5.41, 5.74) is 4.56. The number of ether oxygens (including phenoxy) is 2. The van der Waals surface area contributed by atoms with Crippen molar-refractivity contribution in [2.75, 3.05) is 17.9 Å². The van der Waals surface area contributed by atoms with Gasteiger partial charge >= 0.3 is 0 Å². The fraction of sp³-hybridized carbons (Fsp3) is 0.182. The van der Waals surface area contributed by atoms with E-state index in [9.17, 15) is 8.42 Å². The SMILES string of the molecule is Cc1ccc(S(=O)(=O)Nc2ccc(-c3ccc(C4OCCO4)cc3)cc2)cc1. The molecular formula is C22H21NO4S. The first-order valence-electron chi connectivity index (χ1n) is 9.04. The standard InChI is InChI=1S/C22H21NO4S/c1-16-2-12-21(13-3-16)28(24,25)23-20-10-8-18(9-11-20)17-4-6-19(7-5-17)22-26-14-15-27-22/h2-13,22-23H,14-15H2,1H3. The van der Waals surface area contributed by atoms with Crippen LogP contribution in [0.15, 0.2) is 77.7 Å². The Bertz CT molecular complexity index is 1040. The minimum Gasteiger partial charge on any atom is -0.346 e. The zero-order valence-corrected chi connectivity index (χ0v) is 16.3. The highest BCUT2D eigenvalue weighted by molar-refractivity contribution is 7.92. The van der Waals surface area contributed by atoms with Crippen molar-refractivity contribution >= 4 is 15.7 Å². The van der Waals surface area contributed by atoms with Crippen LogP contribution in [0.3, 0.4) is 0 Å². The van der Waals surface area contributed by atoms with Gasteiger partial charge in [-0.25, -0.2) is 8.42 Å². The van der Waals surface area contributed by atoms with Gasteiger partial charge in [-0.1, -0.05) is 54.1 Å². The predicted molar refractivity (Wildman–Crippen MR) is 109 cm³/mol. The summed E-state index contributed by atoms with van der Waals surface area (Å²) in [7, 11) is -3.60. The van der Waals surface area contributed by atoms with Gasteiger partial charge in [-0.3, -0.25) is 4.72 Å². The lowest BCUT2D eigenvalue weighted by Gasteiger charge is -2.11. The Kier molecular flexibility index (Phi) is 5.17. The smallest absolute Gasteiger partial charge is 0.261 e. The topological polar surface area (TPSA) is 64.6 Å². The molecule has 1 N–H and O–H groups in total. The maximum Gasteiger partial charge on any atom is 0.261 e. The Labute approximate surface area is 165 Å². The largest absolute Gasteiger partial charge is 0.346 e. The molecule has 0 aromatic heterocycles. The molecule has 0 atom stereocenters. The lowest BCUT2D eigenvalue weighted by atomic mass is 10.0. The van der Waals surface area contributed by atoms with Crippen molar-refractivity contribution in [1.82, 2.24) is 0 Å². The average Bonchev–Trinajstić information content (AvgIpc) is 3.24. The Morgan fingerprint density at radius 2 is 1.32 bits per heavy atom. The summed E-state index contributed by atoms with van der Waals surface area (Å²) in [5.74, 6) is 0. The second-order valence-corrected chi connectivity index (χ2v) is 8.37. The number of nitrogens with one attached hydrogen (secondary N) is 1. The summed E-state index contributed by atoms with van der Waals surface area (Å²) >= 11 is 0. The zero-order valence-electron chi connectivity index (χ0n) is 15.5. The first kappa shape index (κ1) is 18.7. The van der Waals surface area contributed by atoms with Gasteiger partial charge in [0, 0.05) is 11.3 Å². The molecule has 0 spiro atoms. The Balaban J connectivity index is 1.48. The molecule has 5 nitrogen and oxygen atoms in total. The van der Waals surface area contributed by atoms with Gasteiger partial charge in [0.2, 0.25) is 0 Å². The van der Waals surface area contributed by atoms with E-state index < -0.39 is 10.0 Å². The average molecular weight is 395 g/mol. The van der Waals surface area contributed by atoms with Crippen LogP contribution in [0, 0.1) is 6.92 Å². The number of aryl methyl sites for hydroxylation is 1. The Morgan fingerprint density at radius 1 is 0.786 bits per heavy atom. The van der Waals surface area contributed by atoms with E-state index in [0.717, 1.165) is 22.3 Å². The maximum absolute atomic E-state index is 12.5. The summed E-state index contributed by atoms with van der Waals surface area (Å²) in [4.78, 5) is 0.245. The zero-order chi connectivity index (χ0) is 19.6. The number of benzene rings is 3. The van der Waals surface area contributed by atoms with E-state index in [2.05, 4.69) is 4.72 Å². The highest BCUT2D eigenvalue weighted by atomic mass is 32.2. The van der Waals surface area contributed by atoms with E-state index in [1.54, 1.807) is 36.4 Å². The van der Waals surface area contributed by atoms with Crippen molar-refractivity contribution < 1.29 is 17.9 Å². The van der Waals surface area contributed by atoms with Gasteiger partial charge in [0.05, 0.1) is 18.1 Å². The second-order valence-electron chi connectivity index (χ2n) is 6.69. The maximum atomic E-state index is 12.5. The molecule has 144 valence electrons. The van der Waals surface area contributed by atoms with Gasteiger partial charge in [0.25, 0.3) is 10.0 Å².